The molecule has 3 aromatic rings. The lowest BCUT2D eigenvalue weighted by Gasteiger charge is -2.04. The van der Waals surface area contributed by atoms with Crippen molar-refractivity contribution in [1.82, 2.24) is 15.2 Å². The fourth-order valence-corrected chi connectivity index (χ4v) is 3.03. The summed E-state index contributed by atoms with van der Waals surface area (Å²) in [6, 6.07) is 11.4. The molecule has 0 saturated heterocycles. The minimum absolute atomic E-state index is 0.00385. The van der Waals surface area contributed by atoms with E-state index in [1.165, 1.54) is 18.2 Å². The first-order valence-electron chi connectivity index (χ1n) is 7.89. The molecule has 0 fully saturated rings. The van der Waals surface area contributed by atoms with Crippen LogP contribution in [-0.4, -0.2) is 38.9 Å². The molecular formula is C17H14ClN5O4S. The Kier molecular flexibility index (Phi) is 6.12. The van der Waals surface area contributed by atoms with Crippen LogP contribution in [0.15, 0.2) is 47.6 Å². The van der Waals surface area contributed by atoms with Gasteiger partial charge in [-0.15, -0.1) is 5.10 Å². The average Bonchev–Trinajstić information content (AvgIpc) is 3.17. The molecule has 2 aromatic carbocycles. The van der Waals surface area contributed by atoms with E-state index < -0.39 is 4.92 Å². The number of nitro benzene ring substituents is 1. The Morgan fingerprint density at radius 1 is 1.32 bits per heavy atom. The molecule has 0 aliphatic rings. The molecule has 1 amide bonds. The Balaban J connectivity index is 1.58. The number of nitrogens with one attached hydrogen (secondary N) is 2. The van der Waals surface area contributed by atoms with Crippen LogP contribution in [0.2, 0.25) is 5.02 Å². The lowest BCUT2D eigenvalue weighted by atomic mass is 10.2. The van der Waals surface area contributed by atoms with Crippen molar-refractivity contribution in [1.29, 1.82) is 0 Å². The number of aromatic amines is 1. The number of ether oxygens (including phenoxy) is 1. The number of methoxy groups -OCH3 is 1. The van der Waals surface area contributed by atoms with Crippen molar-refractivity contribution in [2.24, 2.45) is 0 Å². The first-order chi connectivity index (χ1) is 13.5. The number of amides is 1. The first-order valence-corrected chi connectivity index (χ1v) is 9.26. The second-order valence-electron chi connectivity index (χ2n) is 5.46. The monoisotopic (exact) mass is 419 g/mol. The zero-order valence-corrected chi connectivity index (χ0v) is 16.1. The van der Waals surface area contributed by atoms with Gasteiger partial charge in [-0.2, -0.15) is 0 Å². The zero-order valence-electron chi connectivity index (χ0n) is 14.5. The van der Waals surface area contributed by atoms with Crippen molar-refractivity contribution in [2.75, 3.05) is 18.2 Å². The van der Waals surface area contributed by atoms with Gasteiger partial charge in [0, 0.05) is 17.3 Å². The smallest absolute Gasteiger partial charge is 0.289 e. The minimum atomic E-state index is -0.610. The van der Waals surface area contributed by atoms with E-state index >= 15 is 0 Å². The molecule has 0 radical (unpaired) electrons. The lowest BCUT2D eigenvalue weighted by Crippen LogP contribution is -2.14. The van der Waals surface area contributed by atoms with Gasteiger partial charge in [-0.05, 0) is 36.4 Å². The minimum Gasteiger partial charge on any atom is -0.497 e. The van der Waals surface area contributed by atoms with E-state index in [-0.39, 0.29) is 28.1 Å². The van der Waals surface area contributed by atoms with E-state index in [4.69, 9.17) is 16.3 Å². The van der Waals surface area contributed by atoms with E-state index in [9.17, 15) is 14.9 Å². The number of nitro groups is 1. The van der Waals surface area contributed by atoms with Gasteiger partial charge in [0.25, 0.3) is 5.69 Å². The van der Waals surface area contributed by atoms with E-state index in [1.807, 2.05) is 24.3 Å². The molecule has 28 heavy (non-hydrogen) atoms. The molecule has 11 heteroatoms. The van der Waals surface area contributed by atoms with Crippen LogP contribution in [0.1, 0.15) is 0 Å². The molecule has 0 aliphatic carbocycles. The third-order valence-corrected chi connectivity index (χ3v) is 4.75. The van der Waals surface area contributed by atoms with Crippen LogP contribution in [0.5, 0.6) is 5.75 Å². The number of nitrogens with zero attached hydrogens (tertiary/aromatic N) is 3. The van der Waals surface area contributed by atoms with Crippen LogP contribution in [0.4, 0.5) is 11.4 Å². The predicted molar refractivity (Wildman–Crippen MR) is 106 cm³/mol. The number of carbonyl (C=O) groups is 1. The van der Waals surface area contributed by atoms with Gasteiger partial charge in [-0.25, -0.2) is 4.98 Å². The van der Waals surface area contributed by atoms with E-state index in [0.717, 1.165) is 23.1 Å². The maximum Gasteiger partial charge on any atom is 0.289 e. The van der Waals surface area contributed by atoms with Gasteiger partial charge in [-0.3, -0.25) is 20.0 Å². The highest BCUT2D eigenvalue weighted by molar-refractivity contribution is 7.99. The number of thioether (sulfide) groups is 1. The van der Waals surface area contributed by atoms with Crippen molar-refractivity contribution < 1.29 is 14.5 Å². The van der Waals surface area contributed by atoms with E-state index in [2.05, 4.69) is 20.5 Å². The van der Waals surface area contributed by atoms with Gasteiger partial charge < -0.3 is 10.1 Å². The molecule has 0 spiro atoms. The predicted octanol–water partition coefficient (Wildman–Crippen LogP) is 3.77. The number of anilines is 1. The van der Waals surface area contributed by atoms with Crippen LogP contribution in [0.3, 0.4) is 0 Å². The summed E-state index contributed by atoms with van der Waals surface area (Å²) in [7, 11) is 1.59. The zero-order chi connectivity index (χ0) is 20.1. The first kappa shape index (κ1) is 19.6. The third kappa shape index (κ3) is 4.78. The Morgan fingerprint density at radius 2 is 2.07 bits per heavy atom. The topological polar surface area (TPSA) is 123 Å². The fraction of sp³-hybridized carbons (Fsp3) is 0.118. The molecule has 0 bridgehead atoms. The van der Waals surface area contributed by atoms with Crippen LogP contribution in [0.25, 0.3) is 11.4 Å². The molecule has 0 atom stereocenters. The number of aromatic nitrogens is 3. The van der Waals surface area contributed by atoms with Gasteiger partial charge in [-0.1, -0.05) is 23.4 Å². The van der Waals surface area contributed by atoms with Gasteiger partial charge in [0.15, 0.2) is 5.82 Å². The van der Waals surface area contributed by atoms with Crippen molar-refractivity contribution in [3.05, 3.63) is 57.6 Å². The van der Waals surface area contributed by atoms with Crippen LogP contribution in [-0.2, 0) is 4.79 Å². The van der Waals surface area contributed by atoms with Crippen molar-refractivity contribution >= 4 is 40.6 Å². The van der Waals surface area contributed by atoms with Gasteiger partial charge in [0.2, 0.25) is 11.1 Å². The molecule has 0 aliphatic heterocycles. The van der Waals surface area contributed by atoms with Crippen LogP contribution in [0, 0.1) is 10.1 Å². The number of rotatable bonds is 7. The normalized spacial score (nSPS) is 10.5. The Labute approximate surface area is 168 Å². The van der Waals surface area contributed by atoms with Crippen LogP contribution >= 0.6 is 23.4 Å². The van der Waals surface area contributed by atoms with Gasteiger partial charge in [0.1, 0.15) is 10.8 Å². The van der Waals surface area contributed by atoms with E-state index in [1.54, 1.807) is 7.11 Å². The summed E-state index contributed by atoms with van der Waals surface area (Å²) in [4.78, 5) is 26.7. The van der Waals surface area contributed by atoms with Gasteiger partial charge >= 0.3 is 0 Å². The van der Waals surface area contributed by atoms with Crippen molar-refractivity contribution in [2.45, 2.75) is 5.16 Å². The second kappa shape index (κ2) is 8.72. The molecular weight excluding hydrogens is 406 g/mol. The molecule has 1 aromatic heterocycles. The summed E-state index contributed by atoms with van der Waals surface area (Å²) in [5.41, 5.74) is 0.846. The Bertz CT molecular complexity index is 1010. The van der Waals surface area contributed by atoms with Crippen molar-refractivity contribution in [3.8, 4) is 17.1 Å². The molecule has 3 rings (SSSR count). The highest BCUT2D eigenvalue weighted by Crippen LogP contribution is 2.27. The highest BCUT2D eigenvalue weighted by atomic mass is 35.5. The Morgan fingerprint density at radius 3 is 2.75 bits per heavy atom. The van der Waals surface area contributed by atoms with Gasteiger partial charge in [0.05, 0.1) is 17.8 Å². The highest BCUT2D eigenvalue weighted by Gasteiger charge is 2.14. The third-order valence-electron chi connectivity index (χ3n) is 3.59. The number of hydrogen-bond donors (Lipinski definition) is 2. The summed E-state index contributed by atoms with van der Waals surface area (Å²) in [5, 5.41) is 20.8. The molecule has 9 nitrogen and oxygen atoms in total. The maximum absolute atomic E-state index is 12.1. The number of hydrogen-bond acceptors (Lipinski definition) is 7. The summed E-state index contributed by atoms with van der Waals surface area (Å²) < 4.78 is 5.11. The summed E-state index contributed by atoms with van der Waals surface area (Å²) in [6.07, 6.45) is 0. The molecule has 1 heterocycles. The second-order valence-corrected chi connectivity index (χ2v) is 6.80. The molecule has 0 saturated carbocycles. The van der Waals surface area contributed by atoms with E-state index in [0.29, 0.717) is 11.0 Å². The number of carbonyl (C=O) groups excluding carboxylic acids is 1. The van der Waals surface area contributed by atoms with Crippen LogP contribution < -0.4 is 10.1 Å². The Hall–Kier alpha value is -3.11. The summed E-state index contributed by atoms with van der Waals surface area (Å²) in [6.45, 7) is 0. The fourth-order valence-electron chi connectivity index (χ4n) is 2.25. The van der Waals surface area contributed by atoms with Crippen molar-refractivity contribution in [3.63, 3.8) is 0 Å². The molecule has 144 valence electrons. The molecule has 2 N–H and O–H groups in total. The SMILES string of the molecule is COc1ccc(-c2nc(SCC(=O)Nc3ccc(Cl)c([N+](=O)[O-])c3)n[nH]2)cc1. The number of H-pyrrole nitrogens is 1. The average molecular weight is 420 g/mol. The molecule has 0 unspecified atom stereocenters. The summed E-state index contributed by atoms with van der Waals surface area (Å²) in [5.74, 6) is 0.990. The maximum atomic E-state index is 12.1. The number of benzene rings is 2. The summed E-state index contributed by atoms with van der Waals surface area (Å²) >= 11 is 6.89. The number of halogens is 1. The quantitative estimate of drug-likeness (QED) is 0.339. The largest absolute Gasteiger partial charge is 0.497 e. The standard InChI is InChI=1S/C17H14ClN5O4S/c1-27-12-5-2-10(3-6-12)16-20-17(22-21-16)28-9-15(24)19-11-4-7-13(18)14(8-11)23(25)26/h2-8H,9H2,1H3,(H,19,24)(H,20,21,22). The lowest BCUT2D eigenvalue weighted by molar-refractivity contribution is -0.384.